The molecule has 2 aromatic carbocycles. The summed E-state index contributed by atoms with van der Waals surface area (Å²) in [4.78, 5) is 14.8. The van der Waals surface area contributed by atoms with Crippen molar-refractivity contribution in [1.82, 2.24) is 4.90 Å². The number of piperidine rings is 1. The van der Waals surface area contributed by atoms with Crippen LogP contribution in [0.5, 0.6) is 0 Å². The third-order valence-corrected chi connectivity index (χ3v) is 5.01. The number of likely N-dealkylation sites (tertiary alicyclic amines) is 1. The van der Waals surface area contributed by atoms with Crippen LogP contribution in [0, 0.1) is 12.8 Å². The van der Waals surface area contributed by atoms with Crippen molar-refractivity contribution < 1.29 is 18.0 Å². The summed E-state index contributed by atoms with van der Waals surface area (Å²) in [7, 11) is 0. The molecule has 6 heteroatoms. The van der Waals surface area contributed by atoms with Crippen LogP contribution in [0.3, 0.4) is 0 Å². The lowest BCUT2D eigenvalue weighted by Gasteiger charge is -2.32. The molecule has 1 saturated heterocycles. The van der Waals surface area contributed by atoms with Crippen molar-refractivity contribution in [2.75, 3.05) is 18.4 Å². The minimum absolute atomic E-state index is 0.135. The summed E-state index contributed by atoms with van der Waals surface area (Å²) >= 11 is 0. The van der Waals surface area contributed by atoms with Gasteiger partial charge in [-0.15, -0.1) is 0 Å². The average molecular weight is 376 g/mol. The highest BCUT2D eigenvalue weighted by Gasteiger charge is 2.30. The van der Waals surface area contributed by atoms with E-state index >= 15 is 0 Å². The summed E-state index contributed by atoms with van der Waals surface area (Å²) in [5.74, 6) is -0.297. The van der Waals surface area contributed by atoms with Crippen LogP contribution in [0.2, 0.25) is 0 Å². The molecule has 1 atom stereocenters. The number of carbonyl (C=O) groups is 1. The van der Waals surface area contributed by atoms with Crippen molar-refractivity contribution in [3.8, 4) is 0 Å². The number of hydrogen-bond acceptors (Lipinski definition) is 2. The summed E-state index contributed by atoms with van der Waals surface area (Å²) in [5, 5.41) is 2.75. The monoisotopic (exact) mass is 376 g/mol. The summed E-state index contributed by atoms with van der Waals surface area (Å²) in [6.07, 6.45) is -2.66. The molecule has 1 fully saturated rings. The average Bonchev–Trinajstić information content (AvgIpc) is 2.63. The summed E-state index contributed by atoms with van der Waals surface area (Å²) in [6, 6.07) is 12.8. The van der Waals surface area contributed by atoms with Crippen LogP contribution in [0.25, 0.3) is 0 Å². The van der Waals surface area contributed by atoms with E-state index in [-0.39, 0.29) is 11.8 Å². The molecule has 3 rings (SSSR count). The second-order valence-electron chi connectivity index (χ2n) is 7.07. The quantitative estimate of drug-likeness (QED) is 0.826. The Labute approximate surface area is 157 Å². The molecule has 0 aliphatic carbocycles. The summed E-state index contributed by atoms with van der Waals surface area (Å²) in [5.41, 5.74) is 2.15. The van der Waals surface area contributed by atoms with Gasteiger partial charge in [0, 0.05) is 18.8 Å². The third-order valence-electron chi connectivity index (χ3n) is 5.01. The molecule has 0 bridgehead atoms. The predicted molar refractivity (Wildman–Crippen MR) is 99.3 cm³/mol. The molecule has 3 nitrogen and oxygen atoms in total. The van der Waals surface area contributed by atoms with Gasteiger partial charge < -0.3 is 5.32 Å². The minimum Gasteiger partial charge on any atom is -0.326 e. The number of benzene rings is 2. The minimum atomic E-state index is -4.37. The first-order chi connectivity index (χ1) is 12.8. The van der Waals surface area contributed by atoms with E-state index in [4.69, 9.17) is 0 Å². The highest BCUT2D eigenvalue weighted by molar-refractivity contribution is 5.92. The maximum Gasteiger partial charge on any atom is 0.416 e. The summed E-state index contributed by atoms with van der Waals surface area (Å²) in [6.45, 7) is 4.48. The van der Waals surface area contributed by atoms with E-state index < -0.39 is 11.7 Å². The maximum absolute atomic E-state index is 12.6. The maximum atomic E-state index is 12.6. The van der Waals surface area contributed by atoms with E-state index in [9.17, 15) is 18.0 Å². The van der Waals surface area contributed by atoms with Gasteiger partial charge in [0.25, 0.3) is 0 Å². The number of alkyl halides is 3. The highest BCUT2D eigenvalue weighted by atomic mass is 19.4. The molecule has 1 N–H and O–H groups in total. The lowest BCUT2D eigenvalue weighted by atomic mass is 9.96. The number of hydrogen-bond donors (Lipinski definition) is 1. The number of rotatable bonds is 4. The van der Waals surface area contributed by atoms with Gasteiger partial charge in [-0.05, 0) is 61.7 Å². The zero-order chi connectivity index (χ0) is 19.4. The molecule has 1 amide bonds. The van der Waals surface area contributed by atoms with Gasteiger partial charge in [-0.1, -0.05) is 24.3 Å². The Kier molecular flexibility index (Phi) is 5.85. The normalized spacial score (nSPS) is 18.3. The molecule has 0 spiro atoms. The van der Waals surface area contributed by atoms with Crippen molar-refractivity contribution >= 4 is 11.6 Å². The van der Waals surface area contributed by atoms with E-state index in [1.165, 1.54) is 23.3 Å². The SMILES string of the molecule is Cc1ccccc1CN1CCCC(C(=O)Nc2ccc(C(F)(F)F)cc2)C1. The number of nitrogens with zero attached hydrogens (tertiary/aromatic N) is 1. The van der Waals surface area contributed by atoms with E-state index in [1.54, 1.807) is 0 Å². The van der Waals surface area contributed by atoms with Gasteiger partial charge in [-0.3, -0.25) is 9.69 Å². The summed E-state index contributed by atoms with van der Waals surface area (Å²) < 4.78 is 37.9. The number of halogens is 3. The standard InChI is InChI=1S/C21H23F3N2O/c1-15-5-2-3-6-16(15)13-26-12-4-7-17(14-26)20(27)25-19-10-8-18(9-11-19)21(22,23)24/h2-3,5-6,8-11,17H,4,7,12-14H2,1H3,(H,25,27). The molecule has 1 aliphatic heterocycles. The van der Waals surface area contributed by atoms with Crippen molar-refractivity contribution in [2.45, 2.75) is 32.5 Å². The van der Waals surface area contributed by atoms with E-state index in [0.717, 1.165) is 38.1 Å². The van der Waals surface area contributed by atoms with Crippen LogP contribution in [-0.4, -0.2) is 23.9 Å². The first kappa shape index (κ1) is 19.4. The van der Waals surface area contributed by atoms with Crippen LogP contribution < -0.4 is 5.32 Å². The number of nitrogens with one attached hydrogen (secondary N) is 1. The molecule has 2 aromatic rings. The fourth-order valence-corrected chi connectivity index (χ4v) is 3.43. The number of carbonyl (C=O) groups excluding carboxylic acids is 1. The second kappa shape index (κ2) is 8.13. The number of amides is 1. The van der Waals surface area contributed by atoms with Crippen LogP contribution in [-0.2, 0) is 17.5 Å². The highest BCUT2D eigenvalue weighted by Crippen LogP contribution is 2.30. The van der Waals surface area contributed by atoms with E-state index in [1.807, 2.05) is 12.1 Å². The number of aryl methyl sites for hydroxylation is 1. The Balaban J connectivity index is 1.59. The first-order valence-corrected chi connectivity index (χ1v) is 9.08. The van der Waals surface area contributed by atoms with Gasteiger partial charge in [-0.25, -0.2) is 0 Å². The molecule has 0 radical (unpaired) electrons. The topological polar surface area (TPSA) is 32.3 Å². The molecular formula is C21H23F3N2O. The predicted octanol–water partition coefficient (Wildman–Crippen LogP) is 4.86. The molecule has 1 unspecified atom stereocenters. The van der Waals surface area contributed by atoms with Gasteiger partial charge in [0.15, 0.2) is 0 Å². The Morgan fingerprint density at radius 1 is 1.15 bits per heavy atom. The van der Waals surface area contributed by atoms with Crippen LogP contribution in [0.15, 0.2) is 48.5 Å². The molecule has 27 heavy (non-hydrogen) atoms. The van der Waals surface area contributed by atoms with Gasteiger partial charge in [0.1, 0.15) is 0 Å². The van der Waals surface area contributed by atoms with Crippen LogP contribution >= 0.6 is 0 Å². The Morgan fingerprint density at radius 2 is 1.85 bits per heavy atom. The molecular weight excluding hydrogens is 353 g/mol. The van der Waals surface area contributed by atoms with Gasteiger partial charge >= 0.3 is 6.18 Å². The number of anilines is 1. The Morgan fingerprint density at radius 3 is 2.52 bits per heavy atom. The smallest absolute Gasteiger partial charge is 0.326 e. The van der Waals surface area contributed by atoms with Gasteiger partial charge in [0.05, 0.1) is 11.5 Å². The molecule has 1 heterocycles. The van der Waals surface area contributed by atoms with Crippen molar-refractivity contribution in [3.63, 3.8) is 0 Å². The fraction of sp³-hybridized carbons (Fsp3) is 0.381. The molecule has 144 valence electrons. The van der Waals surface area contributed by atoms with E-state index in [2.05, 4.69) is 29.3 Å². The largest absolute Gasteiger partial charge is 0.416 e. The molecule has 1 aliphatic rings. The second-order valence-corrected chi connectivity index (χ2v) is 7.07. The Hall–Kier alpha value is -2.34. The zero-order valence-electron chi connectivity index (χ0n) is 15.2. The first-order valence-electron chi connectivity index (χ1n) is 9.08. The fourth-order valence-electron chi connectivity index (χ4n) is 3.43. The zero-order valence-corrected chi connectivity index (χ0v) is 15.2. The lowest BCUT2D eigenvalue weighted by molar-refractivity contribution is -0.137. The van der Waals surface area contributed by atoms with Crippen molar-refractivity contribution in [3.05, 3.63) is 65.2 Å². The van der Waals surface area contributed by atoms with Crippen molar-refractivity contribution in [1.29, 1.82) is 0 Å². The third kappa shape index (κ3) is 5.10. The van der Waals surface area contributed by atoms with Crippen molar-refractivity contribution in [2.24, 2.45) is 5.92 Å². The van der Waals surface area contributed by atoms with Gasteiger partial charge in [0.2, 0.25) is 5.91 Å². The molecule has 0 aromatic heterocycles. The van der Waals surface area contributed by atoms with Gasteiger partial charge in [-0.2, -0.15) is 13.2 Å². The van der Waals surface area contributed by atoms with E-state index in [0.29, 0.717) is 12.2 Å². The van der Waals surface area contributed by atoms with Crippen LogP contribution in [0.1, 0.15) is 29.5 Å². The van der Waals surface area contributed by atoms with Crippen LogP contribution in [0.4, 0.5) is 18.9 Å². The molecule has 0 saturated carbocycles. The lowest BCUT2D eigenvalue weighted by Crippen LogP contribution is -2.40. The Bertz CT molecular complexity index is 787.